The Morgan fingerprint density at radius 2 is 1.24 bits per heavy atom. The van der Waals surface area contributed by atoms with Gasteiger partial charge in [-0.1, -0.05) is 0 Å². The molecule has 2 spiro atoms. The largest absolute Gasteiger partial charge is 0.499 e. The van der Waals surface area contributed by atoms with E-state index >= 15 is 0 Å². The van der Waals surface area contributed by atoms with Crippen molar-refractivity contribution in [3.8, 4) is 23.0 Å². The summed E-state index contributed by atoms with van der Waals surface area (Å²) in [4.78, 5) is 18.0. The lowest BCUT2D eigenvalue weighted by atomic mass is 9.78. The van der Waals surface area contributed by atoms with Gasteiger partial charge in [0.1, 0.15) is 11.9 Å². The molecule has 0 unspecified atom stereocenters. The topological polar surface area (TPSA) is 99.2 Å². The predicted molar refractivity (Wildman–Crippen MR) is 233 cm³/mol. The smallest absolute Gasteiger partial charge is 0.231 e. The second kappa shape index (κ2) is 17.2. The summed E-state index contributed by atoms with van der Waals surface area (Å²) in [7, 11) is 14.1. The average Bonchev–Trinajstić information content (AvgIpc) is 4.05. The van der Waals surface area contributed by atoms with Gasteiger partial charge in [-0.15, -0.1) is 0 Å². The number of carbonyl (C=O) groups is 1. The number of ketones is 1. The van der Waals surface area contributed by atoms with Gasteiger partial charge in [0.15, 0.2) is 28.8 Å². The van der Waals surface area contributed by atoms with E-state index in [2.05, 4.69) is 62.5 Å². The Morgan fingerprint density at radius 3 is 1.82 bits per heavy atom. The molecule has 2 aromatic rings. The molecule has 6 heterocycles. The molecule has 10 rings (SSSR count). The second-order valence-corrected chi connectivity index (χ2v) is 26.5. The first-order chi connectivity index (χ1) is 26.9. The molecule has 19 heteroatoms. The fourth-order valence-corrected chi connectivity index (χ4v) is 23.6. The highest BCUT2D eigenvalue weighted by atomic mass is 33.4. The molecule has 5 atom stereocenters. The highest BCUT2D eigenvalue weighted by Crippen LogP contribution is 2.55. The molecule has 0 radical (unpaired) electrons. The molecule has 1 N–H and O–H groups in total. The van der Waals surface area contributed by atoms with Crippen LogP contribution in [0.3, 0.4) is 0 Å². The van der Waals surface area contributed by atoms with E-state index in [-0.39, 0.29) is 42.3 Å². The van der Waals surface area contributed by atoms with Gasteiger partial charge < -0.3 is 33.5 Å². The summed E-state index contributed by atoms with van der Waals surface area (Å²) in [6, 6.07) is 8.27. The maximum Gasteiger partial charge on any atom is 0.231 e. The highest BCUT2D eigenvalue weighted by Gasteiger charge is 2.57. The van der Waals surface area contributed by atoms with Gasteiger partial charge in [0, 0.05) is 104 Å². The molecule has 296 valence electrons. The van der Waals surface area contributed by atoms with Crippen molar-refractivity contribution in [2.45, 2.75) is 67.5 Å². The molecule has 2 aliphatic carbocycles. The van der Waals surface area contributed by atoms with Gasteiger partial charge in [0.05, 0.1) is 31.2 Å². The van der Waals surface area contributed by atoms with E-state index in [0.29, 0.717) is 11.5 Å². The quantitative estimate of drug-likeness (QED) is 0.476. The molecule has 0 saturated carbocycles. The zero-order valence-electron chi connectivity index (χ0n) is 30.1. The lowest BCUT2D eigenvalue weighted by Crippen LogP contribution is -2.46. The molecule has 10 nitrogen and oxygen atoms in total. The van der Waals surface area contributed by atoms with Crippen LogP contribution in [0.25, 0.3) is 0 Å². The standard InChI is InChI=1S/C18H21NO4.C18H19NO4.S9/c2*1-21-15-9-18-4-2-5-19(18)6-3-11-7-13-14(23-10-22-13)8-12(11)16(18)17(15)20;1-3-5-7-9-8-6-4-2/h7-9,16-17,20H,2-6,10H2,1H3;7-9,16H,2-6,10H2,1H3;/t16-,17-,18+;16-,18+;/m11./s1. The molecule has 0 aromatic heterocycles. The van der Waals surface area contributed by atoms with Crippen LogP contribution in [0.4, 0.5) is 0 Å². The van der Waals surface area contributed by atoms with E-state index in [4.69, 9.17) is 28.4 Å². The van der Waals surface area contributed by atoms with Crippen molar-refractivity contribution in [3.63, 3.8) is 0 Å². The molecular weight excluding hydrogens is 877 g/mol. The predicted octanol–water partition coefficient (Wildman–Crippen LogP) is 3.78. The number of allylic oxidation sites excluding steroid dienone is 1. The number of carbonyl (C=O) groups excluding carboxylic acids is 1. The van der Waals surface area contributed by atoms with E-state index in [9.17, 15) is 9.90 Å². The SMILES string of the molecule is COC1=C[C@]23CCCN2CCc2cc4c(cc2[C@@H]3C1=O)OCO4.COC1=C[C@]23CCCN2CCc2cc4c(cc2[C@@H]3[C@@H]1O)OCO4.S=S=S=S=S=S=S=S=S. The molecule has 2 saturated heterocycles. The van der Waals surface area contributed by atoms with E-state index in [1.54, 1.807) is 58.6 Å². The number of ether oxygens (including phenoxy) is 6. The fourth-order valence-electron chi connectivity index (χ4n) is 9.84. The number of hydrogen-bond donors (Lipinski definition) is 1. The first kappa shape index (κ1) is 40.0. The summed E-state index contributed by atoms with van der Waals surface area (Å²) in [5.41, 5.74) is 4.40. The number of rotatable bonds is 2. The Balaban J connectivity index is 0.000000128. The molecule has 6 aliphatic heterocycles. The average molecular weight is 917 g/mol. The summed E-state index contributed by atoms with van der Waals surface area (Å²) in [6.07, 6.45) is 9.92. The number of fused-ring (bicyclic) bond motifs is 6. The Morgan fingerprint density at radius 1 is 0.709 bits per heavy atom. The van der Waals surface area contributed by atoms with Crippen molar-refractivity contribution >= 4 is 90.3 Å². The summed E-state index contributed by atoms with van der Waals surface area (Å²) in [6.45, 7) is 4.63. The van der Waals surface area contributed by atoms with Gasteiger partial charge >= 0.3 is 0 Å². The first-order valence-electron chi connectivity index (χ1n) is 17.9. The summed E-state index contributed by atoms with van der Waals surface area (Å²) < 4.78 is 33.1. The number of nitrogens with zero attached hydrogens (tertiary/aromatic N) is 2. The van der Waals surface area contributed by atoms with Crippen molar-refractivity contribution in [1.82, 2.24) is 9.80 Å². The lowest BCUT2D eigenvalue weighted by Gasteiger charge is -2.38. The zero-order chi connectivity index (χ0) is 38.2. The van der Waals surface area contributed by atoms with E-state index in [0.717, 1.165) is 93.3 Å². The van der Waals surface area contributed by atoms with Crippen LogP contribution in [0.1, 0.15) is 59.8 Å². The van der Waals surface area contributed by atoms with Crippen molar-refractivity contribution in [1.29, 1.82) is 0 Å². The molecular formula is C36H40N2O8S9. The normalized spacial score (nSPS) is 28.6. The lowest BCUT2D eigenvalue weighted by molar-refractivity contribution is -0.120. The Hall–Kier alpha value is -1.75. The zero-order valence-corrected chi connectivity index (χ0v) is 37.4. The van der Waals surface area contributed by atoms with Crippen molar-refractivity contribution in [3.05, 3.63) is 70.2 Å². The molecule has 0 amide bonds. The summed E-state index contributed by atoms with van der Waals surface area (Å²) in [5.74, 6) is 4.30. The highest BCUT2D eigenvalue weighted by molar-refractivity contribution is 8.72. The van der Waals surface area contributed by atoms with E-state index in [1.165, 1.54) is 34.5 Å². The third kappa shape index (κ3) is 7.32. The molecule has 8 aliphatic rings. The van der Waals surface area contributed by atoms with Crippen LogP contribution in [0.2, 0.25) is 0 Å². The van der Waals surface area contributed by atoms with Gasteiger partial charge in [-0.2, -0.15) is 0 Å². The third-order valence-corrected chi connectivity index (χ3v) is 25.3. The fraction of sp³-hybridized carbons (Fsp3) is 0.528. The molecule has 2 aromatic carbocycles. The minimum absolute atomic E-state index is 0.00644. The first-order valence-corrected chi connectivity index (χ1v) is 28.6. The number of aliphatic hydroxyl groups is 1. The minimum Gasteiger partial charge on any atom is -0.499 e. The van der Waals surface area contributed by atoms with Gasteiger partial charge in [-0.05, 0) is 110 Å². The Bertz CT molecular complexity index is 2250. The molecule has 55 heavy (non-hydrogen) atoms. The number of aliphatic hydroxyl groups excluding tert-OH is 1. The van der Waals surface area contributed by atoms with Crippen LogP contribution >= 0.6 is 0 Å². The molecule has 2 fully saturated rings. The summed E-state index contributed by atoms with van der Waals surface area (Å²) >= 11 is 9.27. The maximum atomic E-state index is 13.0. The number of hydrogen-bond acceptors (Lipinski definition) is 12. The van der Waals surface area contributed by atoms with Crippen LogP contribution in [0.5, 0.6) is 23.0 Å². The van der Waals surface area contributed by atoms with Crippen molar-refractivity contribution < 1.29 is 38.3 Å². The monoisotopic (exact) mass is 916 g/mol. The number of methoxy groups -OCH3 is 2. The van der Waals surface area contributed by atoms with Crippen molar-refractivity contribution in [2.75, 3.05) is 54.0 Å². The van der Waals surface area contributed by atoms with Crippen LogP contribution in [0.15, 0.2) is 47.9 Å². The minimum atomic E-state index is -0.599. The van der Waals surface area contributed by atoms with Crippen LogP contribution in [0, 0.1) is 0 Å². The molecule has 0 bridgehead atoms. The number of Topliss-reactive ketones (excluding diaryl/α,β-unsaturated/α-hetero) is 1. The van der Waals surface area contributed by atoms with Gasteiger partial charge in [-0.25, -0.2) is 0 Å². The van der Waals surface area contributed by atoms with E-state index < -0.39 is 6.10 Å². The van der Waals surface area contributed by atoms with Gasteiger partial charge in [0.2, 0.25) is 19.4 Å². The van der Waals surface area contributed by atoms with Gasteiger partial charge in [-0.3, -0.25) is 14.6 Å². The van der Waals surface area contributed by atoms with Crippen LogP contribution in [-0.2, 0) is 112 Å². The maximum absolute atomic E-state index is 13.0. The second-order valence-electron chi connectivity index (χ2n) is 14.1. The number of benzene rings is 2. The van der Waals surface area contributed by atoms with Crippen molar-refractivity contribution in [2.24, 2.45) is 0 Å². The van der Waals surface area contributed by atoms with Gasteiger partial charge in [0.25, 0.3) is 0 Å². The third-order valence-electron chi connectivity index (χ3n) is 12.0. The van der Waals surface area contributed by atoms with Crippen LogP contribution < -0.4 is 18.9 Å². The summed E-state index contributed by atoms with van der Waals surface area (Å²) in [5, 5.41) is 11.0. The van der Waals surface area contributed by atoms with E-state index in [1.807, 2.05) is 6.07 Å². The van der Waals surface area contributed by atoms with Crippen LogP contribution in [-0.4, -0.2) is 91.9 Å². The Kier molecular flexibility index (Phi) is 12.5. The Labute approximate surface area is 350 Å².